The minimum Gasteiger partial charge on any atom is -0.120 e. The maximum atomic E-state index is 5.23. The van der Waals surface area contributed by atoms with Gasteiger partial charge in [0.15, 0.2) is 0 Å². The first-order valence-corrected chi connectivity index (χ1v) is 8.45. The molecular weight excluding hydrogens is 172 g/mol. The van der Waals surface area contributed by atoms with E-state index in [1.807, 2.05) is 0 Å². The normalized spacial score (nSPS) is 12.6. The molecule has 13 heavy (non-hydrogen) atoms. The average molecular weight is 196 g/mol. The van der Waals surface area contributed by atoms with E-state index in [4.69, 9.17) is 6.42 Å². The molecule has 0 fully saturated rings. The number of hydrogen-bond acceptors (Lipinski definition) is 0. The molecule has 0 aliphatic carbocycles. The molecule has 0 saturated carbocycles. The molecule has 0 radical (unpaired) electrons. The Kier molecular flexibility index (Phi) is 4.78. The smallest absolute Gasteiger partial charge is 0.0527 e. The molecular formula is C12H24Si. The van der Waals surface area contributed by atoms with E-state index in [9.17, 15) is 0 Å². The Hall–Kier alpha value is -0.223. The second-order valence-electron chi connectivity index (χ2n) is 5.55. The monoisotopic (exact) mass is 196 g/mol. The quantitative estimate of drug-likeness (QED) is 0.357. The van der Waals surface area contributed by atoms with Crippen LogP contribution in [0, 0.1) is 12.3 Å². The summed E-state index contributed by atoms with van der Waals surface area (Å²) in [5.41, 5.74) is 0. The Morgan fingerprint density at radius 1 is 1.15 bits per heavy atom. The standard InChI is InChI=1S/C12H24Si/c1-7-8-9-10-11-13(5,6)12(2,3)4/h1H,8-11H2,2-6H3. The van der Waals surface area contributed by atoms with Gasteiger partial charge in [-0.1, -0.05) is 46.3 Å². The molecule has 0 amide bonds. The maximum absolute atomic E-state index is 5.23. The zero-order chi connectivity index (χ0) is 10.5. The maximum Gasteiger partial charge on any atom is 0.0527 e. The van der Waals surface area contributed by atoms with Crippen LogP contribution >= 0.6 is 0 Å². The summed E-state index contributed by atoms with van der Waals surface area (Å²) in [5, 5.41) is 0.531. The van der Waals surface area contributed by atoms with Gasteiger partial charge in [-0.15, -0.1) is 12.3 Å². The molecule has 0 aliphatic heterocycles. The van der Waals surface area contributed by atoms with Crippen LogP contribution in [0.25, 0.3) is 0 Å². The summed E-state index contributed by atoms with van der Waals surface area (Å²) >= 11 is 0. The summed E-state index contributed by atoms with van der Waals surface area (Å²) in [7, 11) is -1.02. The molecule has 0 rings (SSSR count). The van der Waals surface area contributed by atoms with Crippen molar-refractivity contribution >= 4 is 8.07 Å². The molecule has 0 spiro atoms. The summed E-state index contributed by atoms with van der Waals surface area (Å²) in [5.74, 6) is 2.71. The van der Waals surface area contributed by atoms with E-state index in [-0.39, 0.29) is 0 Å². The first kappa shape index (κ1) is 12.8. The molecule has 0 aromatic heterocycles. The van der Waals surface area contributed by atoms with Crippen molar-refractivity contribution in [3.8, 4) is 12.3 Å². The van der Waals surface area contributed by atoms with E-state index in [0.29, 0.717) is 5.04 Å². The number of unbranched alkanes of at least 4 members (excludes halogenated alkanes) is 2. The van der Waals surface area contributed by atoms with Gasteiger partial charge in [0, 0.05) is 6.42 Å². The van der Waals surface area contributed by atoms with Gasteiger partial charge < -0.3 is 0 Å². The lowest BCUT2D eigenvalue weighted by Crippen LogP contribution is -2.36. The molecule has 0 saturated heterocycles. The van der Waals surface area contributed by atoms with Gasteiger partial charge in [-0.05, 0) is 11.5 Å². The highest BCUT2D eigenvalue weighted by atomic mass is 28.3. The first-order chi connectivity index (χ1) is 5.81. The fourth-order valence-corrected chi connectivity index (χ4v) is 3.05. The lowest BCUT2D eigenvalue weighted by Gasteiger charge is -2.37. The van der Waals surface area contributed by atoms with Gasteiger partial charge in [-0.2, -0.15) is 0 Å². The lowest BCUT2D eigenvalue weighted by atomic mass is 10.2. The summed E-state index contributed by atoms with van der Waals surface area (Å²) in [4.78, 5) is 0. The van der Waals surface area contributed by atoms with Crippen LogP contribution in [-0.4, -0.2) is 8.07 Å². The van der Waals surface area contributed by atoms with E-state index in [0.717, 1.165) is 6.42 Å². The molecule has 0 unspecified atom stereocenters. The first-order valence-electron chi connectivity index (χ1n) is 5.25. The zero-order valence-corrected chi connectivity index (χ0v) is 10.9. The fourth-order valence-electron chi connectivity index (χ4n) is 1.17. The van der Waals surface area contributed by atoms with Crippen LogP contribution in [-0.2, 0) is 0 Å². The third-order valence-electron chi connectivity index (χ3n) is 3.40. The predicted octanol–water partition coefficient (Wildman–Crippen LogP) is 4.30. The fraction of sp³-hybridized carbons (Fsp3) is 0.833. The van der Waals surface area contributed by atoms with Crippen molar-refractivity contribution in [3.63, 3.8) is 0 Å². The van der Waals surface area contributed by atoms with Gasteiger partial charge in [0.1, 0.15) is 0 Å². The summed E-state index contributed by atoms with van der Waals surface area (Å²) in [6, 6.07) is 1.41. The molecule has 1 heteroatoms. The van der Waals surface area contributed by atoms with Crippen molar-refractivity contribution in [3.05, 3.63) is 0 Å². The minimum atomic E-state index is -1.02. The van der Waals surface area contributed by atoms with E-state index < -0.39 is 8.07 Å². The highest BCUT2D eigenvalue weighted by molar-refractivity contribution is 6.80. The Balaban J connectivity index is 3.85. The highest BCUT2D eigenvalue weighted by Gasteiger charge is 2.33. The molecule has 76 valence electrons. The topological polar surface area (TPSA) is 0 Å². The Morgan fingerprint density at radius 3 is 2.08 bits per heavy atom. The largest absolute Gasteiger partial charge is 0.120 e. The molecule has 0 bridgehead atoms. The Labute approximate surface area is 85.1 Å². The van der Waals surface area contributed by atoms with E-state index >= 15 is 0 Å². The van der Waals surface area contributed by atoms with Crippen molar-refractivity contribution in [2.75, 3.05) is 0 Å². The summed E-state index contributed by atoms with van der Waals surface area (Å²) in [6.07, 6.45) is 8.71. The SMILES string of the molecule is C#CCCCC[Si](C)(C)C(C)(C)C. The van der Waals surface area contributed by atoms with Crippen LogP contribution in [0.4, 0.5) is 0 Å². The van der Waals surface area contributed by atoms with Crippen LogP contribution in [0.1, 0.15) is 40.0 Å². The third-order valence-corrected chi connectivity index (χ3v) is 9.07. The van der Waals surface area contributed by atoms with Gasteiger partial charge in [0.25, 0.3) is 0 Å². The molecule has 0 atom stereocenters. The third kappa shape index (κ3) is 4.52. The summed E-state index contributed by atoms with van der Waals surface area (Å²) in [6.45, 7) is 12.1. The van der Waals surface area contributed by atoms with Gasteiger partial charge in [-0.25, -0.2) is 0 Å². The van der Waals surface area contributed by atoms with Gasteiger partial charge >= 0.3 is 0 Å². The van der Waals surface area contributed by atoms with Crippen molar-refractivity contribution in [1.82, 2.24) is 0 Å². The lowest BCUT2D eigenvalue weighted by molar-refractivity contribution is 0.697. The van der Waals surface area contributed by atoms with Crippen LogP contribution in [0.2, 0.25) is 24.2 Å². The second kappa shape index (κ2) is 4.86. The van der Waals surface area contributed by atoms with Crippen molar-refractivity contribution in [1.29, 1.82) is 0 Å². The highest BCUT2D eigenvalue weighted by Crippen LogP contribution is 2.39. The summed E-state index contributed by atoms with van der Waals surface area (Å²) < 4.78 is 0. The van der Waals surface area contributed by atoms with Crippen LogP contribution in [0.5, 0.6) is 0 Å². The zero-order valence-electron chi connectivity index (χ0n) is 9.91. The predicted molar refractivity (Wildman–Crippen MR) is 64.7 cm³/mol. The van der Waals surface area contributed by atoms with E-state index in [2.05, 4.69) is 39.8 Å². The molecule has 0 nitrogen and oxygen atoms in total. The van der Waals surface area contributed by atoms with E-state index in [1.54, 1.807) is 0 Å². The number of rotatable bonds is 4. The minimum absolute atomic E-state index is 0.531. The van der Waals surface area contributed by atoms with Gasteiger partial charge in [-0.3, -0.25) is 0 Å². The van der Waals surface area contributed by atoms with Crippen LogP contribution < -0.4 is 0 Å². The Bertz CT molecular complexity index is 178. The molecule has 0 aromatic rings. The van der Waals surface area contributed by atoms with Gasteiger partial charge in [0.05, 0.1) is 8.07 Å². The van der Waals surface area contributed by atoms with Crippen molar-refractivity contribution in [2.24, 2.45) is 0 Å². The number of hydrogen-bond donors (Lipinski definition) is 0. The van der Waals surface area contributed by atoms with Crippen LogP contribution in [0.15, 0.2) is 0 Å². The number of terminal acetylenes is 1. The van der Waals surface area contributed by atoms with Crippen LogP contribution in [0.3, 0.4) is 0 Å². The Morgan fingerprint density at radius 2 is 1.69 bits per heavy atom. The van der Waals surface area contributed by atoms with Crippen molar-refractivity contribution in [2.45, 2.75) is 64.2 Å². The van der Waals surface area contributed by atoms with E-state index in [1.165, 1.54) is 18.9 Å². The molecule has 0 aliphatic rings. The molecule has 0 aromatic carbocycles. The second-order valence-corrected chi connectivity index (χ2v) is 11.3. The van der Waals surface area contributed by atoms with Gasteiger partial charge in [0.2, 0.25) is 0 Å². The molecule has 0 N–H and O–H groups in total. The van der Waals surface area contributed by atoms with Crippen molar-refractivity contribution < 1.29 is 0 Å². The molecule has 0 heterocycles. The average Bonchev–Trinajstić information content (AvgIpc) is 1.96.